The number of rotatable bonds is 4. The summed E-state index contributed by atoms with van der Waals surface area (Å²) in [5.74, 6) is 2.15. The summed E-state index contributed by atoms with van der Waals surface area (Å²) in [6, 6.07) is 2.33. The number of phenolic OH excluding ortho intramolecular Hbond substituents is 1. The van der Waals surface area contributed by atoms with Gasteiger partial charge in [0.15, 0.2) is 0 Å². The number of benzene rings is 1. The van der Waals surface area contributed by atoms with Crippen molar-refractivity contribution in [2.24, 2.45) is 0 Å². The van der Waals surface area contributed by atoms with Crippen LogP contribution < -0.4 is 0 Å². The summed E-state index contributed by atoms with van der Waals surface area (Å²) in [6.45, 7) is 17.5. The molecule has 0 bridgehead atoms. The summed E-state index contributed by atoms with van der Waals surface area (Å²) >= 11 is 0. The zero-order valence-electron chi connectivity index (χ0n) is 13.8. The topological polar surface area (TPSA) is 20.2 Å². The van der Waals surface area contributed by atoms with E-state index in [9.17, 15) is 5.11 Å². The molecule has 0 atom stereocenters. The summed E-state index contributed by atoms with van der Waals surface area (Å²) in [5.41, 5.74) is 4.90. The molecule has 108 valence electrons. The lowest BCUT2D eigenvalue weighted by atomic mass is 9.80. The smallest absolute Gasteiger partial charge is 0.123 e. The standard InChI is InChI=1S/C18H30O/c1-10(2)14-9-15(11(3)4)17(13(7)8)18(19)16(14)12(5)6/h9-13,19H,1-8H3. The SMILES string of the molecule is CC(C)c1cc(C(C)C)c(C(C)C)c(O)c1C(C)C. The second kappa shape index (κ2) is 5.98. The van der Waals surface area contributed by atoms with E-state index >= 15 is 0 Å². The summed E-state index contributed by atoms with van der Waals surface area (Å²) in [6.07, 6.45) is 0. The Balaban J connectivity index is 3.70. The molecule has 0 fully saturated rings. The van der Waals surface area contributed by atoms with Gasteiger partial charge in [-0.15, -0.1) is 0 Å². The molecule has 0 spiro atoms. The van der Waals surface area contributed by atoms with Gasteiger partial charge < -0.3 is 5.11 Å². The lowest BCUT2D eigenvalue weighted by molar-refractivity contribution is 0.450. The Morgan fingerprint density at radius 3 is 1.16 bits per heavy atom. The van der Waals surface area contributed by atoms with Crippen molar-refractivity contribution in [3.63, 3.8) is 0 Å². The van der Waals surface area contributed by atoms with Crippen LogP contribution in [0.1, 0.15) is 101 Å². The Hall–Kier alpha value is -0.980. The first-order valence-electron chi connectivity index (χ1n) is 7.57. The largest absolute Gasteiger partial charge is 0.507 e. The van der Waals surface area contributed by atoms with Crippen LogP contribution in [-0.2, 0) is 0 Å². The highest BCUT2D eigenvalue weighted by atomic mass is 16.3. The molecule has 0 saturated carbocycles. The van der Waals surface area contributed by atoms with Gasteiger partial charge in [-0.3, -0.25) is 0 Å². The molecule has 0 heterocycles. The van der Waals surface area contributed by atoms with E-state index in [1.165, 1.54) is 11.1 Å². The van der Waals surface area contributed by atoms with Crippen molar-refractivity contribution in [3.05, 3.63) is 28.3 Å². The monoisotopic (exact) mass is 262 g/mol. The lowest BCUT2D eigenvalue weighted by Gasteiger charge is -2.26. The van der Waals surface area contributed by atoms with E-state index < -0.39 is 0 Å². The lowest BCUT2D eigenvalue weighted by Crippen LogP contribution is -2.07. The van der Waals surface area contributed by atoms with Gasteiger partial charge in [-0.1, -0.05) is 61.5 Å². The zero-order chi connectivity index (χ0) is 14.9. The second-order valence-corrected chi connectivity index (χ2v) is 6.85. The van der Waals surface area contributed by atoms with Gasteiger partial charge in [-0.05, 0) is 34.8 Å². The van der Waals surface area contributed by atoms with Gasteiger partial charge in [0.25, 0.3) is 0 Å². The third kappa shape index (κ3) is 3.13. The third-order valence-corrected chi connectivity index (χ3v) is 3.84. The molecule has 1 nitrogen and oxygen atoms in total. The third-order valence-electron chi connectivity index (χ3n) is 3.84. The molecule has 0 aliphatic heterocycles. The van der Waals surface area contributed by atoms with Gasteiger partial charge in [-0.25, -0.2) is 0 Å². The highest BCUT2D eigenvalue weighted by Crippen LogP contribution is 2.43. The molecule has 0 amide bonds. The van der Waals surface area contributed by atoms with Crippen molar-refractivity contribution in [1.82, 2.24) is 0 Å². The summed E-state index contributed by atoms with van der Waals surface area (Å²) in [4.78, 5) is 0. The molecule has 0 aliphatic carbocycles. The molecule has 1 N–H and O–H groups in total. The van der Waals surface area contributed by atoms with Crippen LogP contribution in [0.5, 0.6) is 5.75 Å². The Bertz CT molecular complexity index is 401. The first-order chi connectivity index (χ1) is 8.68. The van der Waals surface area contributed by atoms with E-state index in [-0.39, 0.29) is 0 Å². The minimum absolute atomic E-state index is 0.358. The van der Waals surface area contributed by atoms with E-state index in [0.717, 1.165) is 11.1 Å². The summed E-state index contributed by atoms with van der Waals surface area (Å²) in [5, 5.41) is 10.8. The molecule has 0 aromatic heterocycles. The molecule has 1 rings (SSSR count). The Morgan fingerprint density at radius 1 is 0.632 bits per heavy atom. The van der Waals surface area contributed by atoms with Gasteiger partial charge in [0, 0.05) is 11.1 Å². The van der Waals surface area contributed by atoms with E-state index in [1.807, 2.05) is 0 Å². The molecule has 0 saturated heterocycles. The summed E-state index contributed by atoms with van der Waals surface area (Å²) in [7, 11) is 0. The number of aromatic hydroxyl groups is 1. The molecule has 0 aliphatic rings. The van der Waals surface area contributed by atoms with E-state index in [0.29, 0.717) is 29.4 Å². The quantitative estimate of drug-likeness (QED) is 0.717. The van der Waals surface area contributed by atoms with Crippen molar-refractivity contribution < 1.29 is 5.11 Å². The van der Waals surface area contributed by atoms with Gasteiger partial charge in [0.2, 0.25) is 0 Å². The van der Waals surface area contributed by atoms with Crippen LogP contribution >= 0.6 is 0 Å². The Labute approximate surface area is 119 Å². The molecule has 19 heavy (non-hydrogen) atoms. The first-order valence-corrected chi connectivity index (χ1v) is 7.57. The van der Waals surface area contributed by atoms with E-state index in [2.05, 4.69) is 61.5 Å². The van der Waals surface area contributed by atoms with Crippen LogP contribution in [0, 0.1) is 0 Å². The zero-order valence-corrected chi connectivity index (χ0v) is 13.8. The molecule has 0 radical (unpaired) electrons. The van der Waals surface area contributed by atoms with Crippen LogP contribution in [0.3, 0.4) is 0 Å². The molecule has 1 aromatic carbocycles. The van der Waals surface area contributed by atoms with Gasteiger partial charge in [-0.2, -0.15) is 0 Å². The fourth-order valence-corrected chi connectivity index (χ4v) is 2.91. The maximum atomic E-state index is 10.8. The molecule has 1 aromatic rings. The fourth-order valence-electron chi connectivity index (χ4n) is 2.91. The molecule has 1 heteroatoms. The van der Waals surface area contributed by atoms with Crippen molar-refractivity contribution in [2.45, 2.75) is 79.1 Å². The van der Waals surface area contributed by atoms with Crippen molar-refractivity contribution in [1.29, 1.82) is 0 Å². The highest BCUT2D eigenvalue weighted by molar-refractivity contribution is 5.54. The Kier molecular flexibility index (Phi) is 5.06. The molecular formula is C18H30O. The maximum absolute atomic E-state index is 10.8. The first kappa shape index (κ1) is 16.1. The molecular weight excluding hydrogens is 232 g/mol. The second-order valence-electron chi connectivity index (χ2n) is 6.85. The van der Waals surface area contributed by atoms with Crippen LogP contribution in [0.4, 0.5) is 0 Å². The van der Waals surface area contributed by atoms with Gasteiger partial charge >= 0.3 is 0 Å². The van der Waals surface area contributed by atoms with Crippen LogP contribution in [0.15, 0.2) is 6.07 Å². The van der Waals surface area contributed by atoms with Crippen LogP contribution in [0.25, 0.3) is 0 Å². The number of phenols is 1. The van der Waals surface area contributed by atoms with Crippen molar-refractivity contribution in [3.8, 4) is 5.75 Å². The highest BCUT2D eigenvalue weighted by Gasteiger charge is 2.23. The predicted molar refractivity (Wildman–Crippen MR) is 84.5 cm³/mol. The number of hydrogen-bond acceptors (Lipinski definition) is 1. The molecule has 0 unspecified atom stereocenters. The van der Waals surface area contributed by atoms with E-state index in [4.69, 9.17) is 0 Å². The Morgan fingerprint density at radius 2 is 0.947 bits per heavy atom. The fraction of sp³-hybridized carbons (Fsp3) is 0.667. The van der Waals surface area contributed by atoms with Crippen molar-refractivity contribution >= 4 is 0 Å². The predicted octanol–water partition coefficient (Wildman–Crippen LogP) is 5.89. The minimum atomic E-state index is 0.358. The maximum Gasteiger partial charge on any atom is 0.123 e. The van der Waals surface area contributed by atoms with E-state index in [1.54, 1.807) is 0 Å². The van der Waals surface area contributed by atoms with Gasteiger partial charge in [0.05, 0.1) is 0 Å². The van der Waals surface area contributed by atoms with Crippen LogP contribution in [0.2, 0.25) is 0 Å². The summed E-state index contributed by atoms with van der Waals surface area (Å²) < 4.78 is 0. The number of hydrogen-bond donors (Lipinski definition) is 1. The average molecular weight is 262 g/mol. The minimum Gasteiger partial charge on any atom is -0.507 e. The van der Waals surface area contributed by atoms with Crippen molar-refractivity contribution in [2.75, 3.05) is 0 Å². The van der Waals surface area contributed by atoms with Gasteiger partial charge in [0.1, 0.15) is 5.75 Å². The normalized spacial score (nSPS) is 12.2. The van der Waals surface area contributed by atoms with Crippen LogP contribution in [-0.4, -0.2) is 5.11 Å². The average Bonchev–Trinajstić information content (AvgIpc) is 2.25.